The number of benzene rings is 2. The van der Waals surface area contributed by atoms with Crippen molar-refractivity contribution in [3.8, 4) is 11.5 Å². The minimum Gasteiger partial charge on any atom is -0.464 e. The standard InChI is InChI=1S/C19H18INO4/c1-3-12-6-4-5-7-16(12)25-14-8-9-15-13(10-14)11-21-17(18(22)24-2)19(15,20)23/h4-10,23H,3,11H2,1-2H3. The summed E-state index contributed by atoms with van der Waals surface area (Å²) in [5, 5.41) is 10.8. The summed E-state index contributed by atoms with van der Waals surface area (Å²) in [6.45, 7) is 2.37. The summed E-state index contributed by atoms with van der Waals surface area (Å²) >= 11 is 1.81. The van der Waals surface area contributed by atoms with Crippen LogP contribution in [0.3, 0.4) is 0 Å². The number of carbonyl (C=O) groups is 1. The maximum absolute atomic E-state index is 11.8. The van der Waals surface area contributed by atoms with Gasteiger partial charge >= 0.3 is 5.97 Å². The van der Waals surface area contributed by atoms with Crippen LogP contribution >= 0.6 is 22.6 Å². The zero-order valence-corrected chi connectivity index (χ0v) is 16.1. The van der Waals surface area contributed by atoms with Crippen molar-refractivity contribution in [1.82, 2.24) is 0 Å². The highest BCUT2D eigenvalue weighted by atomic mass is 127. The van der Waals surface area contributed by atoms with Gasteiger partial charge in [-0.05, 0) is 58.3 Å². The summed E-state index contributed by atoms with van der Waals surface area (Å²) < 4.78 is 9.20. The van der Waals surface area contributed by atoms with Crippen molar-refractivity contribution in [3.05, 3.63) is 59.2 Å². The topological polar surface area (TPSA) is 68.1 Å². The first-order valence-corrected chi connectivity index (χ1v) is 8.99. The Kier molecular flexibility index (Phi) is 5.10. The van der Waals surface area contributed by atoms with Crippen LogP contribution < -0.4 is 4.74 Å². The summed E-state index contributed by atoms with van der Waals surface area (Å²) in [5.74, 6) is 0.854. The lowest BCUT2D eigenvalue weighted by Crippen LogP contribution is -2.39. The molecule has 6 heteroatoms. The Morgan fingerprint density at radius 3 is 2.80 bits per heavy atom. The molecule has 1 aliphatic heterocycles. The van der Waals surface area contributed by atoms with Crippen molar-refractivity contribution in [3.63, 3.8) is 0 Å². The van der Waals surface area contributed by atoms with Gasteiger partial charge in [-0.2, -0.15) is 0 Å². The van der Waals surface area contributed by atoms with E-state index in [9.17, 15) is 9.90 Å². The highest BCUT2D eigenvalue weighted by Gasteiger charge is 2.41. The van der Waals surface area contributed by atoms with Gasteiger partial charge < -0.3 is 14.6 Å². The van der Waals surface area contributed by atoms with Crippen molar-refractivity contribution in [2.75, 3.05) is 7.11 Å². The Morgan fingerprint density at radius 2 is 2.08 bits per heavy atom. The van der Waals surface area contributed by atoms with Crippen molar-refractivity contribution in [2.24, 2.45) is 4.99 Å². The molecule has 0 spiro atoms. The Morgan fingerprint density at radius 1 is 1.32 bits per heavy atom. The van der Waals surface area contributed by atoms with Crippen LogP contribution in [0.2, 0.25) is 0 Å². The lowest BCUT2D eigenvalue weighted by Gasteiger charge is -2.28. The predicted octanol–water partition coefficient (Wildman–Crippen LogP) is 3.75. The Hall–Kier alpha value is -1.93. The van der Waals surface area contributed by atoms with Gasteiger partial charge in [0.25, 0.3) is 0 Å². The first kappa shape index (κ1) is 17.9. The maximum atomic E-state index is 11.8. The number of aliphatic hydroxyl groups is 1. The predicted molar refractivity (Wildman–Crippen MR) is 103 cm³/mol. The van der Waals surface area contributed by atoms with E-state index >= 15 is 0 Å². The van der Waals surface area contributed by atoms with E-state index in [1.54, 1.807) is 12.1 Å². The average molecular weight is 451 g/mol. The summed E-state index contributed by atoms with van der Waals surface area (Å²) in [7, 11) is 1.27. The number of aliphatic imine (C=N–C) groups is 1. The molecule has 25 heavy (non-hydrogen) atoms. The van der Waals surface area contributed by atoms with E-state index in [0.29, 0.717) is 11.3 Å². The van der Waals surface area contributed by atoms with Gasteiger partial charge in [0.2, 0.25) is 0 Å². The number of alkyl halides is 1. The second kappa shape index (κ2) is 7.13. The Labute approximate surface area is 159 Å². The molecular formula is C19H18INO4. The molecule has 5 nitrogen and oxygen atoms in total. The number of hydrogen-bond donors (Lipinski definition) is 1. The molecule has 0 fully saturated rings. The van der Waals surface area contributed by atoms with Gasteiger partial charge in [0, 0.05) is 5.56 Å². The number of methoxy groups -OCH3 is 1. The zero-order chi connectivity index (χ0) is 18.0. The fourth-order valence-corrected chi connectivity index (χ4v) is 3.72. The monoisotopic (exact) mass is 451 g/mol. The van der Waals surface area contributed by atoms with E-state index < -0.39 is 9.58 Å². The lowest BCUT2D eigenvalue weighted by atomic mass is 9.95. The average Bonchev–Trinajstić information content (AvgIpc) is 2.61. The SMILES string of the molecule is CCc1ccccc1Oc1ccc2c(c1)CN=C(C(=O)OC)C2(O)I. The van der Waals surface area contributed by atoms with E-state index in [2.05, 4.69) is 11.9 Å². The van der Waals surface area contributed by atoms with Gasteiger partial charge in [-0.3, -0.25) is 4.99 Å². The Balaban J connectivity index is 1.92. The van der Waals surface area contributed by atoms with Gasteiger partial charge in [0.05, 0.1) is 13.7 Å². The number of fused-ring (bicyclic) bond motifs is 1. The molecule has 0 saturated carbocycles. The molecule has 3 rings (SSSR count). The molecule has 1 atom stereocenters. The number of carbonyl (C=O) groups excluding carboxylic acids is 1. The van der Waals surface area contributed by atoms with E-state index in [0.717, 1.165) is 23.3 Å². The Bertz CT molecular complexity index is 845. The third-order valence-corrected chi connectivity index (χ3v) is 5.21. The molecule has 0 bridgehead atoms. The number of halogens is 1. The number of para-hydroxylation sites is 1. The quantitative estimate of drug-likeness (QED) is 0.437. The third kappa shape index (κ3) is 3.41. The molecule has 0 amide bonds. The van der Waals surface area contributed by atoms with Crippen LogP contribution in [-0.2, 0) is 26.1 Å². The number of ether oxygens (including phenoxy) is 2. The zero-order valence-electron chi connectivity index (χ0n) is 14.0. The van der Waals surface area contributed by atoms with Gasteiger partial charge in [0.15, 0.2) is 9.32 Å². The van der Waals surface area contributed by atoms with E-state index in [4.69, 9.17) is 9.47 Å². The fraction of sp³-hybridized carbons (Fsp3) is 0.263. The number of nitrogens with zero attached hydrogens (tertiary/aromatic N) is 1. The summed E-state index contributed by atoms with van der Waals surface area (Å²) in [6, 6.07) is 13.3. The van der Waals surface area contributed by atoms with Crippen LogP contribution in [-0.4, -0.2) is 23.9 Å². The van der Waals surface area contributed by atoms with E-state index in [1.165, 1.54) is 7.11 Å². The number of esters is 1. The molecule has 0 saturated heterocycles. The van der Waals surface area contributed by atoms with Crippen molar-refractivity contribution in [2.45, 2.75) is 23.5 Å². The summed E-state index contributed by atoms with van der Waals surface area (Å²) in [5.41, 5.74) is 2.57. The molecule has 2 aromatic rings. The van der Waals surface area contributed by atoms with Gasteiger partial charge in [0.1, 0.15) is 11.5 Å². The lowest BCUT2D eigenvalue weighted by molar-refractivity contribution is -0.133. The van der Waals surface area contributed by atoms with Crippen LogP contribution in [0.25, 0.3) is 0 Å². The van der Waals surface area contributed by atoms with Gasteiger partial charge in [-0.25, -0.2) is 4.79 Å². The largest absolute Gasteiger partial charge is 0.464 e. The fourth-order valence-electron chi connectivity index (χ4n) is 2.80. The van der Waals surface area contributed by atoms with Crippen LogP contribution in [0, 0.1) is 0 Å². The molecule has 130 valence electrons. The minimum absolute atomic E-state index is 0.00750. The first-order chi connectivity index (χ1) is 12.0. The van der Waals surface area contributed by atoms with Crippen LogP contribution in [0.1, 0.15) is 23.6 Å². The van der Waals surface area contributed by atoms with Crippen LogP contribution in [0.15, 0.2) is 47.5 Å². The van der Waals surface area contributed by atoms with E-state index in [1.807, 2.05) is 52.9 Å². The van der Waals surface area contributed by atoms with Gasteiger partial charge in [-0.15, -0.1) is 0 Å². The molecule has 1 unspecified atom stereocenters. The molecule has 1 N–H and O–H groups in total. The summed E-state index contributed by atoms with van der Waals surface area (Å²) in [6.07, 6.45) is 0.876. The second-order valence-corrected chi connectivity index (χ2v) is 7.22. The molecule has 0 aliphatic carbocycles. The minimum atomic E-state index is -1.52. The molecule has 2 aromatic carbocycles. The van der Waals surface area contributed by atoms with Crippen LogP contribution in [0.5, 0.6) is 11.5 Å². The molecule has 1 aliphatic rings. The van der Waals surface area contributed by atoms with E-state index in [-0.39, 0.29) is 12.3 Å². The van der Waals surface area contributed by atoms with Crippen molar-refractivity contribution in [1.29, 1.82) is 0 Å². The first-order valence-electron chi connectivity index (χ1n) is 7.91. The van der Waals surface area contributed by atoms with Crippen LogP contribution in [0.4, 0.5) is 0 Å². The molecule has 0 aromatic heterocycles. The van der Waals surface area contributed by atoms with Gasteiger partial charge in [-0.1, -0.05) is 31.2 Å². The third-order valence-electron chi connectivity index (χ3n) is 4.12. The van der Waals surface area contributed by atoms with Crippen molar-refractivity contribution >= 4 is 34.3 Å². The highest BCUT2D eigenvalue weighted by Crippen LogP contribution is 2.39. The smallest absolute Gasteiger partial charge is 0.356 e. The van der Waals surface area contributed by atoms with Crippen molar-refractivity contribution < 1.29 is 19.4 Å². The normalized spacial score (nSPS) is 19.0. The summed E-state index contributed by atoms with van der Waals surface area (Å²) in [4.78, 5) is 16.0. The highest BCUT2D eigenvalue weighted by molar-refractivity contribution is 14.1. The number of rotatable bonds is 4. The number of aryl methyl sites for hydroxylation is 1. The molecule has 0 radical (unpaired) electrons. The second-order valence-electron chi connectivity index (χ2n) is 5.66. The molecular weight excluding hydrogens is 433 g/mol. The number of hydrogen-bond acceptors (Lipinski definition) is 5. The molecule has 1 heterocycles. The maximum Gasteiger partial charge on any atom is 0.356 e.